The SMILES string of the molecule is CCCCCCCCCCCCCCCCCCCCCCCCCCCCCCCCCCCC/C=C/CCCCCCCCCCCCCCCCCCCCC1CC(=O)OCC(CO)(CO)COC1=O. The summed E-state index contributed by atoms with van der Waals surface area (Å²) < 4.78 is 10.6. The van der Waals surface area contributed by atoms with Crippen LogP contribution >= 0.6 is 0 Å². The summed E-state index contributed by atoms with van der Waals surface area (Å²) in [6.45, 7) is 1.21. The maximum atomic E-state index is 12.5. The van der Waals surface area contributed by atoms with E-state index in [1.165, 1.54) is 327 Å². The summed E-state index contributed by atoms with van der Waals surface area (Å²) >= 11 is 0. The van der Waals surface area contributed by atoms with Crippen LogP contribution in [0.4, 0.5) is 0 Å². The fraction of sp³-hybridized carbons (Fsp3) is 0.940. The first kappa shape index (κ1) is 69.6. The number of hydrogen-bond acceptors (Lipinski definition) is 6. The fourth-order valence-electron chi connectivity index (χ4n) is 11.1. The van der Waals surface area contributed by atoms with Crippen molar-refractivity contribution in [1.82, 2.24) is 0 Å². The third kappa shape index (κ3) is 48.7. The van der Waals surface area contributed by atoms with Crippen LogP contribution in [0.5, 0.6) is 0 Å². The molecule has 6 heteroatoms. The van der Waals surface area contributed by atoms with Gasteiger partial charge in [0.25, 0.3) is 0 Å². The van der Waals surface area contributed by atoms with Crippen LogP contribution in [0.2, 0.25) is 0 Å². The van der Waals surface area contributed by atoms with Crippen molar-refractivity contribution in [3.63, 3.8) is 0 Å². The minimum Gasteiger partial charge on any atom is -0.465 e. The van der Waals surface area contributed by atoms with Gasteiger partial charge in [0.2, 0.25) is 0 Å². The topological polar surface area (TPSA) is 93.1 Å². The number of esters is 2. The van der Waals surface area contributed by atoms with Crippen LogP contribution in [-0.2, 0) is 19.1 Å². The van der Waals surface area contributed by atoms with Crippen molar-refractivity contribution in [1.29, 1.82) is 0 Å². The number of unbranched alkanes of at least 4 members (excludes halogenated alkanes) is 52. The van der Waals surface area contributed by atoms with E-state index >= 15 is 0 Å². The first-order valence-electron chi connectivity index (χ1n) is 33.3. The van der Waals surface area contributed by atoms with Gasteiger partial charge in [0, 0.05) is 0 Å². The third-order valence-electron chi connectivity index (χ3n) is 16.5. The lowest BCUT2D eigenvalue weighted by molar-refractivity contribution is -0.155. The summed E-state index contributed by atoms with van der Waals surface area (Å²) in [6, 6.07) is 0. The molecule has 0 aliphatic carbocycles. The molecule has 1 aliphatic heterocycles. The van der Waals surface area contributed by atoms with Crippen LogP contribution in [0, 0.1) is 11.3 Å². The number of ether oxygens (including phenoxy) is 2. The summed E-state index contributed by atoms with van der Waals surface area (Å²) in [5.41, 5.74) is -1.12. The second kappa shape index (κ2) is 56.8. The van der Waals surface area contributed by atoms with Crippen LogP contribution in [0.25, 0.3) is 0 Å². The average Bonchev–Trinajstić information content (AvgIpc) is 3.46. The van der Waals surface area contributed by atoms with E-state index in [4.69, 9.17) is 9.47 Å². The summed E-state index contributed by atoms with van der Waals surface area (Å²) in [7, 11) is 0. The van der Waals surface area contributed by atoms with Gasteiger partial charge in [0.05, 0.1) is 31.0 Å². The Kier molecular flexibility index (Phi) is 54.2. The van der Waals surface area contributed by atoms with Crippen molar-refractivity contribution >= 4 is 11.9 Å². The van der Waals surface area contributed by atoms with E-state index in [1.807, 2.05) is 0 Å². The van der Waals surface area contributed by atoms with E-state index in [-0.39, 0.29) is 19.6 Å². The lowest BCUT2D eigenvalue weighted by atomic mass is 9.92. The van der Waals surface area contributed by atoms with Gasteiger partial charge in [-0.15, -0.1) is 0 Å². The van der Waals surface area contributed by atoms with Crippen molar-refractivity contribution in [2.75, 3.05) is 26.4 Å². The van der Waals surface area contributed by atoms with E-state index in [0.717, 1.165) is 19.3 Å². The van der Waals surface area contributed by atoms with Crippen LogP contribution in [0.3, 0.4) is 0 Å². The Labute approximate surface area is 455 Å². The molecule has 432 valence electrons. The molecule has 2 N–H and O–H groups in total. The van der Waals surface area contributed by atoms with Crippen LogP contribution in [-0.4, -0.2) is 48.6 Å². The number of carbonyl (C=O) groups excluding carboxylic acids is 2. The molecule has 0 amide bonds. The van der Waals surface area contributed by atoms with Gasteiger partial charge >= 0.3 is 11.9 Å². The molecule has 0 radical (unpaired) electrons. The maximum absolute atomic E-state index is 12.5. The predicted octanol–water partition coefficient (Wildman–Crippen LogP) is 21.1. The minimum atomic E-state index is -1.12. The first-order valence-corrected chi connectivity index (χ1v) is 33.3. The van der Waals surface area contributed by atoms with E-state index < -0.39 is 36.5 Å². The van der Waals surface area contributed by atoms with Gasteiger partial charge in [-0.1, -0.05) is 340 Å². The molecule has 0 aromatic heterocycles. The summed E-state index contributed by atoms with van der Waals surface area (Å²) in [4.78, 5) is 24.7. The van der Waals surface area contributed by atoms with Crippen LogP contribution in [0.1, 0.15) is 366 Å². The maximum Gasteiger partial charge on any atom is 0.309 e. The lowest BCUT2D eigenvalue weighted by Crippen LogP contribution is -2.40. The Morgan fingerprint density at radius 2 is 0.589 bits per heavy atom. The molecule has 1 unspecified atom stereocenters. The molecular weight excluding hydrogens is 901 g/mol. The molecule has 73 heavy (non-hydrogen) atoms. The summed E-state index contributed by atoms with van der Waals surface area (Å²) in [5.74, 6) is -1.40. The molecule has 0 bridgehead atoms. The molecule has 0 spiro atoms. The van der Waals surface area contributed by atoms with Gasteiger partial charge in [0.1, 0.15) is 13.2 Å². The Morgan fingerprint density at radius 3 is 0.849 bits per heavy atom. The van der Waals surface area contributed by atoms with Crippen molar-refractivity contribution in [3.05, 3.63) is 12.2 Å². The summed E-state index contributed by atoms with van der Waals surface area (Å²) in [6.07, 6.45) is 81.7. The number of aliphatic hydroxyl groups is 2. The second-order valence-corrected chi connectivity index (χ2v) is 23.9. The molecule has 1 heterocycles. The van der Waals surface area contributed by atoms with Crippen LogP contribution in [0.15, 0.2) is 12.2 Å². The highest BCUT2D eigenvalue weighted by Gasteiger charge is 2.36. The Hall–Kier alpha value is -1.40. The van der Waals surface area contributed by atoms with Gasteiger partial charge in [-0.05, 0) is 32.1 Å². The van der Waals surface area contributed by atoms with Crippen LogP contribution < -0.4 is 0 Å². The Morgan fingerprint density at radius 1 is 0.356 bits per heavy atom. The standard InChI is InChI=1S/C67H128O6/c1-2-3-4-5-6-7-8-9-10-11-12-13-14-15-16-17-18-19-20-21-22-23-24-25-26-27-28-29-30-31-32-33-34-35-36-37-38-39-40-41-42-43-44-45-46-47-48-49-50-51-52-53-54-55-56-57-58-64-59-65(70)72-62-67(60-68,61-69)63-73-66(64)71/h37-38,64,68-69H,2-36,39-63H2,1H3/b38-37+. The number of cyclic esters (lactones) is 2. The average molecular weight is 1030 g/mol. The number of hydrogen-bond donors (Lipinski definition) is 2. The molecule has 1 rings (SSSR count). The quantitative estimate of drug-likeness (QED) is 0.0358. The Bertz CT molecular complexity index is 1150. The highest BCUT2D eigenvalue weighted by Crippen LogP contribution is 2.25. The largest absolute Gasteiger partial charge is 0.465 e. The smallest absolute Gasteiger partial charge is 0.309 e. The molecule has 1 saturated heterocycles. The number of aliphatic hydroxyl groups excluding tert-OH is 2. The van der Waals surface area contributed by atoms with Crippen molar-refractivity contribution < 1.29 is 29.3 Å². The molecule has 0 aromatic carbocycles. The molecule has 6 nitrogen and oxygen atoms in total. The van der Waals surface area contributed by atoms with E-state index in [1.54, 1.807) is 0 Å². The Balaban J connectivity index is 1.68. The fourth-order valence-corrected chi connectivity index (χ4v) is 11.1. The molecule has 0 saturated carbocycles. The van der Waals surface area contributed by atoms with Gasteiger partial charge in [-0.25, -0.2) is 0 Å². The zero-order valence-corrected chi connectivity index (χ0v) is 49.2. The van der Waals surface area contributed by atoms with Gasteiger partial charge in [-0.2, -0.15) is 0 Å². The number of rotatable bonds is 58. The van der Waals surface area contributed by atoms with E-state index in [2.05, 4.69) is 19.1 Å². The second-order valence-electron chi connectivity index (χ2n) is 23.9. The zero-order valence-electron chi connectivity index (χ0n) is 49.2. The predicted molar refractivity (Wildman–Crippen MR) is 315 cm³/mol. The molecular formula is C67H128O6. The third-order valence-corrected chi connectivity index (χ3v) is 16.5. The monoisotopic (exact) mass is 1030 g/mol. The lowest BCUT2D eigenvalue weighted by Gasteiger charge is -2.27. The van der Waals surface area contributed by atoms with Crippen molar-refractivity contribution in [2.45, 2.75) is 366 Å². The molecule has 1 fully saturated rings. The number of carbonyl (C=O) groups is 2. The first-order chi connectivity index (χ1) is 36.1. The summed E-state index contributed by atoms with van der Waals surface area (Å²) in [5, 5.41) is 19.2. The van der Waals surface area contributed by atoms with E-state index in [9.17, 15) is 19.8 Å². The normalized spacial score (nSPS) is 15.2. The highest BCUT2D eigenvalue weighted by atomic mass is 16.6. The van der Waals surface area contributed by atoms with Crippen molar-refractivity contribution in [3.8, 4) is 0 Å². The zero-order chi connectivity index (χ0) is 52.5. The minimum absolute atomic E-state index is 0.00377. The van der Waals surface area contributed by atoms with Gasteiger partial charge < -0.3 is 19.7 Å². The van der Waals surface area contributed by atoms with Crippen molar-refractivity contribution in [2.24, 2.45) is 11.3 Å². The molecule has 1 aliphatic rings. The highest BCUT2D eigenvalue weighted by molar-refractivity contribution is 5.80. The molecule has 1 atom stereocenters. The molecule has 0 aromatic rings. The van der Waals surface area contributed by atoms with Gasteiger partial charge in [0.15, 0.2) is 0 Å². The number of allylic oxidation sites excluding steroid dienone is 2. The van der Waals surface area contributed by atoms with Gasteiger partial charge in [-0.3, -0.25) is 9.59 Å². The van der Waals surface area contributed by atoms with E-state index in [0.29, 0.717) is 6.42 Å².